The molecule has 0 saturated heterocycles. The molecule has 0 bridgehead atoms. The van der Waals surface area contributed by atoms with Crippen LogP contribution in [0.5, 0.6) is 0 Å². The lowest BCUT2D eigenvalue weighted by atomic mass is 9.94. The van der Waals surface area contributed by atoms with E-state index in [0.717, 1.165) is 51.4 Å². The van der Waals surface area contributed by atoms with Gasteiger partial charge in [0.25, 0.3) is 0 Å². The molecule has 268 valence electrons. The average Bonchev–Trinajstić information content (AvgIpc) is 3.02. The zero-order valence-electron chi connectivity index (χ0n) is 30.5. The molecule has 0 aliphatic rings. The Morgan fingerprint density at radius 2 is 0.578 bits per heavy atom. The minimum atomic E-state index is -0.684. The van der Waals surface area contributed by atoms with Crippen LogP contribution in [0.15, 0.2) is 0 Å². The second kappa shape index (κ2) is 37.4. The average molecular weight is 637 g/mol. The summed E-state index contributed by atoms with van der Waals surface area (Å²) in [6.45, 7) is 2.29. The fourth-order valence-electron chi connectivity index (χ4n) is 6.83. The topological polar surface area (TPSA) is 74.6 Å². The van der Waals surface area contributed by atoms with E-state index in [1.807, 2.05) is 0 Å². The molecule has 0 radical (unpaired) electrons. The second-order valence-electron chi connectivity index (χ2n) is 14.4. The molecule has 0 rings (SSSR count). The summed E-state index contributed by atoms with van der Waals surface area (Å²) in [6, 6.07) is 0. The van der Waals surface area contributed by atoms with Crippen molar-refractivity contribution in [1.29, 1.82) is 0 Å². The summed E-state index contributed by atoms with van der Waals surface area (Å²) >= 11 is 0. The third-order valence-electron chi connectivity index (χ3n) is 9.95. The van der Waals surface area contributed by atoms with Crippen LogP contribution in [0.1, 0.15) is 244 Å². The summed E-state index contributed by atoms with van der Waals surface area (Å²) in [5, 5.41) is 18.3. The van der Waals surface area contributed by atoms with E-state index in [2.05, 4.69) is 6.92 Å². The summed E-state index contributed by atoms with van der Waals surface area (Å²) in [5.74, 6) is -1.42. The lowest BCUT2D eigenvalue weighted by molar-refractivity contribution is -0.142. The van der Waals surface area contributed by atoms with Gasteiger partial charge >= 0.3 is 11.9 Å². The van der Waals surface area contributed by atoms with Crippen molar-refractivity contribution in [1.82, 2.24) is 0 Å². The highest BCUT2D eigenvalue weighted by molar-refractivity contribution is 5.69. The van der Waals surface area contributed by atoms with Gasteiger partial charge in [0.1, 0.15) is 0 Å². The first-order valence-corrected chi connectivity index (χ1v) is 20.5. The number of aliphatic carboxylic acids is 2. The first-order valence-electron chi connectivity index (χ1n) is 20.5. The number of carbonyl (C=O) groups is 2. The molecule has 4 nitrogen and oxygen atoms in total. The lowest BCUT2D eigenvalue weighted by Crippen LogP contribution is -2.13. The minimum absolute atomic E-state index is 0.143. The van der Waals surface area contributed by atoms with Gasteiger partial charge in [0.05, 0.1) is 5.92 Å². The normalized spacial score (nSPS) is 12.1. The van der Waals surface area contributed by atoms with E-state index in [9.17, 15) is 14.7 Å². The van der Waals surface area contributed by atoms with E-state index in [1.54, 1.807) is 0 Å². The van der Waals surface area contributed by atoms with Gasteiger partial charge in [0.2, 0.25) is 0 Å². The molecular weight excluding hydrogens is 556 g/mol. The van der Waals surface area contributed by atoms with Crippen molar-refractivity contribution in [3.05, 3.63) is 0 Å². The van der Waals surface area contributed by atoms with Gasteiger partial charge in [0.15, 0.2) is 0 Å². The molecule has 0 saturated carbocycles. The molecular formula is C41H80O4. The fourth-order valence-corrected chi connectivity index (χ4v) is 6.83. The molecule has 0 aromatic heterocycles. The third kappa shape index (κ3) is 37.3. The van der Waals surface area contributed by atoms with Crippen LogP contribution in [0.25, 0.3) is 0 Å². The Balaban J connectivity index is 3.33. The van der Waals surface area contributed by atoms with Gasteiger partial charge in [-0.3, -0.25) is 9.59 Å². The molecule has 0 aromatic carbocycles. The highest BCUT2D eigenvalue weighted by atomic mass is 16.4. The van der Waals surface area contributed by atoms with Gasteiger partial charge in [-0.15, -0.1) is 0 Å². The molecule has 0 amide bonds. The molecule has 0 heterocycles. The number of carboxylic acids is 2. The van der Waals surface area contributed by atoms with Crippen molar-refractivity contribution in [2.24, 2.45) is 5.92 Å². The van der Waals surface area contributed by atoms with Gasteiger partial charge in [0, 0.05) is 6.42 Å². The maximum atomic E-state index is 11.7. The Labute approximate surface area is 281 Å². The second-order valence-corrected chi connectivity index (χ2v) is 14.4. The maximum absolute atomic E-state index is 11.7. The van der Waals surface area contributed by atoms with Crippen molar-refractivity contribution in [3.8, 4) is 0 Å². The largest absolute Gasteiger partial charge is 0.481 e. The van der Waals surface area contributed by atoms with Crippen LogP contribution in [-0.2, 0) is 9.59 Å². The highest BCUT2D eigenvalue weighted by Gasteiger charge is 2.16. The van der Waals surface area contributed by atoms with Gasteiger partial charge in [-0.1, -0.05) is 219 Å². The predicted molar refractivity (Wildman–Crippen MR) is 195 cm³/mol. The number of unbranched alkanes of at least 4 members (excludes halogenated alkanes) is 32. The Morgan fingerprint density at radius 3 is 0.800 bits per heavy atom. The van der Waals surface area contributed by atoms with Crippen LogP contribution in [-0.4, -0.2) is 22.2 Å². The fraction of sp³-hybridized carbons (Fsp3) is 0.951. The highest BCUT2D eigenvalue weighted by Crippen LogP contribution is 2.21. The van der Waals surface area contributed by atoms with E-state index >= 15 is 0 Å². The van der Waals surface area contributed by atoms with Crippen LogP contribution >= 0.6 is 0 Å². The molecule has 0 spiro atoms. The van der Waals surface area contributed by atoms with Gasteiger partial charge in [-0.2, -0.15) is 0 Å². The number of carboxylic acid groups (broad SMARTS) is 2. The number of hydrogen-bond donors (Lipinski definition) is 2. The third-order valence-corrected chi connectivity index (χ3v) is 9.95. The molecule has 0 aromatic rings. The van der Waals surface area contributed by atoms with Crippen LogP contribution in [0.2, 0.25) is 0 Å². The van der Waals surface area contributed by atoms with Crippen molar-refractivity contribution in [3.63, 3.8) is 0 Å². The molecule has 1 atom stereocenters. The van der Waals surface area contributed by atoms with Crippen LogP contribution in [0, 0.1) is 5.92 Å². The van der Waals surface area contributed by atoms with E-state index < -0.39 is 11.9 Å². The van der Waals surface area contributed by atoms with E-state index in [-0.39, 0.29) is 5.92 Å². The van der Waals surface area contributed by atoms with Crippen molar-refractivity contribution >= 4 is 11.9 Å². The number of hydrogen-bond acceptors (Lipinski definition) is 2. The van der Waals surface area contributed by atoms with E-state index in [1.165, 1.54) is 180 Å². The standard InChI is InChI=1S/C41H80O4/c1-2-3-4-5-6-7-8-9-10-11-12-13-14-15-16-17-18-19-20-21-24-27-30-33-36-39(41(44)45)37-34-31-28-25-22-23-26-29-32-35-38-40(42)43/h39H,2-38H2,1H3,(H,42,43)(H,44,45). The smallest absolute Gasteiger partial charge is 0.306 e. The summed E-state index contributed by atoms with van der Waals surface area (Å²) in [6.07, 6.45) is 46.8. The Bertz CT molecular complexity index is 604. The zero-order valence-corrected chi connectivity index (χ0v) is 30.5. The van der Waals surface area contributed by atoms with Crippen LogP contribution in [0.4, 0.5) is 0 Å². The van der Waals surface area contributed by atoms with Crippen LogP contribution in [0.3, 0.4) is 0 Å². The van der Waals surface area contributed by atoms with Crippen molar-refractivity contribution in [2.75, 3.05) is 0 Å². The number of rotatable bonds is 39. The lowest BCUT2D eigenvalue weighted by Gasteiger charge is -2.12. The first kappa shape index (κ1) is 43.9. The van der Waals surface area contributed by atoms with Gasteiger partial charge < -0.3 is 10.2 Å². The molecule has 0 fully saturated rings. The maximum Gasteiger partial charge on any atom is 0.306 e. The zero-order chi connectivity index (χ0) is 32.9. The molecule has 2 N–H and O–H groups in total. The molecule has 0 aliphatic carbocycles. The summed E-state index contributed by atoms with van der Waals surface area (Å²) in [5.41, 5.74) is 0. The van der Waals surface area contributed by atoms with Crippen molar-refractivity contribution in [2.45, 2.75) is 244 Å². The molecule has 1 unspecified atom stereocenters. The Kier molecular flexibility index (Phi) is 36.5. The van der Waals surface area contributed by atoms with E-state index in [4.69, 9.17) is 5.11 Å². The van der Waals surface area contributed by atoms with E-state index in [0.29, 0.717) is 6.42 Å². The molecule has 45 heavy (non-hydrogen) atoms. The summed E-state index contributed by atoms with van der Waals surface area (Å²) < 4.78 is 0. The Morgan fingerprint density at radius 1 is 0.356 bits per heavy atom. The minimum Gasteiger partial charge on any atom is -0.481 e. The van der Waals surface area contributed by atoms with Gasteiger partial charge in [-0.05, 0) is 19.3 Å². The predicted octanol–water partition coefficient (Wildman–Crippen LogP) is 14.2. The first-order chi connectivity index (χ1) is 22.1. The van der Waals surface area contributed by atoms with Gasteiger partial charge in [-0.25, -0.2) is 0 Å². The molecule has 4 heteroatoms. The quantitative estimate of drug-likeness (QED) is 0.0658. The summed E-state index contributed by atoms with van der Waals surface area (Å²) in [4.78, 5) is 22.2. The Hall–Kier alpha value is -1.06. The SMILES string of the molecule is CCCCCCCCCCCCCCCCCCCCCCCCCCC(CCCCCCCCCCCCC(=O)O)C(=O)O. The monoisotopic (exact) mass is 637 g/mol. The van der Waals surface area contributed by atoms with Crippen molar-refractivity contribution < 1.29 is 19.8 Å². The summed E-state index contributed by atoms with van der Waals surface area (Å²) in [7, 11) is 0. The van der Waals surface area contributed by atoms with Crippen LogP contribution < -0.4 is 0 Å². The molecule has 0 aliphatic heterocycles.